The zero-order valence-corrected chi connectivity index (χ0v) is 10.8. The maximum absolute atomic E-state index is 4.24. The van der Waals surface area contributed by atoms with Gasteiger partial charge >= 0.3 is 0 Å². The Morgan fingerprint density at radius 1 is 1.28 bits per heavy atom. The van der Waals surface area contributed by atoms with Crippen LogP contribution in [0, 0.1) is 6.92 Å². The summed E-state index contributed by atoms with van der Waals surface area (Å²) in [4.78, 5) is 12.6. The van der Waals surface area contributed by atoms with E-state index in [2.05, 4.69) is 34.1 Å². The largest absolute Gasteiger partial charge is 0.366 e. The van der Waals surface area contributed by atoms with Gasteiger partial charge in [-0.05, 0) is 30.5 Å². The minimum atomic E-state index is 0.738. The van der Waals surface area contributed by atoms with Gasteiger partial charge in [0.25, 0.3) is 0 Å². The summed E-state index contributed by atoms with van der Waals surface area (Å²) in [5, 5.41) is 3.31. The Kier molecular flexibility index (Phi) is 4.23. The number of hydrogen-bond acceptors (Lipinski definition) is 4. The third kappa shape index (κ3) is 3.26. The molecular formula is C14H18N4. The zero-order valence-electron chi connectivity index (χ0n) is 10.8. The van der Waals surface area contributed by atoms with Crippen molar-refractivity contribution in [3.63, 3.8) is 0 Å². The highest BCUT2D eigenvalue weighted by Gasteiger charge is 2.00. The van der Waals surface area contributed by atoms with Gasteiger partial charge in [0.05, 0.1) is 0 Å². The van der Waals surface area contributed by atoms with Crippen LogP contribution in [0.4, 0.5) is 5.82 Å². The van der Waals surface area contributed by atoms with Gasteiger partial charge in [-0.3, -0.25) is 4.98 Å². The SMILES string of the molecule is CCCc1cc(NCc2cnccc2C)ncn1. The predicted molar refractivity (Wildman–Crippen MR) is 72.3 cm³/mol. The number of rotatable bonds is 5. The van der Waals surface area contributed by atoms with E-state index in [9.17, 15) is 0 Å². The van der Waals surface area contributed by atoms with Crippen molar-refractivity contribution in [2.24, 2.45) is 0 Å². The molecule has 0 amide bonds. The molecule has 0 aliphatic rings. The maximum Gasteiger partial charge on any atom is 0.129 e. The van der Waals surface area contributed by atoms with Crippen molar-refractivity contribution in [1.82, 2.24) is 15.0 Å². The molecular weight excluding hydrogens is 224 g/mol. The molecule has 94 valence electrons. The molecule has 0 aromatic carbocycles. The average Bonchev–Trinajstić information content (AvgIpc) is 2.39. The number of nitrogens with one attached hydrogen (secondary N) is 1. The summed E-state index contributed by atoms with van der Waals surface area (Å²) in [7, 11) is 0. The first kappa shape index (κ1) is 12.5. The van der Waals surface area contributed by atoms with Crippen molar-refractivity contribution in [3.05, 3.63) is 47.7 Å². The Labute approximate surface area is 108 Å². The lowest BCUT2D eigenvalue weighted by Gasteiger charge is -2.08. The van der Waals surface area contributed by atoms with Crippen LogP contribution in [-0.2, 0) is 13.0 Å². The minimum absolute atomic E-state index is 0.738. The van der Waals surface area contributed by atoms with Crippen LogP contribution in [0.3, 0.4) is 0 Å². The van der Waals surface area contributed by atoms with E-state index >= 15 is 0 Å². The highest BCUT2D eigenvalue weighted by atomic mass is 15.0. The van der Waals surface area contributed by atoms with Crippen LogP contribution in [0.25, 0.3) is 0 Å². The number of pyridine rings is 1. The van der Waals surface area contributed by atoms with E-state index in [1.165, 1.54) is 11.1 Å². The molecule has 0 saturated carbocycles. The van der Waals surface area contributed by atoms with Gasteiger partial charge in [-0.25, -0.2) is 9.97 Å². The van der Waals surface area contributed by atoms with Crippen molar-refractivity contribution >= 4 is 5.82 Å². The standard InChI is InChI=1S/C14H18N4/c1-3-4-13-7-14(18-10-17-13)16-9-12-8-15-6-5-11(12)2/h5-8,10H,3-4,9H2,1-2H3,(H,16,17,18). The highest BCUT2D eigenvalue weighted by Crippen LogP contribution is 2.10. The fraction of sp³-hybridized carbons (Fsp3) is 0.357. The number of aryl methyl sites for hydroxylation is 2. The predicted octanol–water partition coefficient (Wildman–Crippen LogP) is 2.74. The smallest absolute Gasteiger partial charge is 0.129 e. The second kappa shape index (κ2) is 6.10. The number of nitrogens with zero attached hydrogens (tertiary/aromatic N) is 3. The second-order valence-electron chi connectivity index (χ2n) is 4.30. The molecule has 1 N–H and O–H groups in total. The Morgan fingerprint density at radius 2 is 2.17 bits per heavy atom. The molecule has 2 aromatic rings. The van der Waals surface area contributed by atoms with Crippen molar-refractivity contribution < 1.29 is 0 Å². The summed E-state index contributed by atoms with van der Waals surface area (Å²) < 4.78 is 0. The van der Waals surface area contributed by atoms with Gasteiger partial charge < -0.3 is 5.32 Å². The highest BCUT2D eigenvalue weighted by molar-refractivity contribution is 5.37. The number of aromatic nitrogens is 3. The van der Waals surface area contributed by atoms with E-state index in [4.69, 9.17) is 0 Å². The van der Waals surface area contributed by atoms with Crippen LogP contribution in [0.2, 0.25) is 0 Å². The molecule has 0 atom stereocenters. The maximum atomic E-state index is 4.24. The molecule has 0 aliphatic heterocycles. The molecule has 2 aromatic heterocycles. The van der Waals surface area contributed by atoms with Gasteiger partial charge in [0.2, 0.25) is 0 Å². The van der Waals surface area contributed by atoms with E-state index in [-0.39, 0.29) is 0 Å². The third-order valence-corrected chi connectivity index (χ3v) is 2.84. The minimum Gasteiger partial charge on any atom is -0.366 e. The van der Waals surface area contributed by atoms with Gasteiger partial charge in [0.15, 0.2) is 0 Å². The van der Waals surface area contributed by atoms with Crippen LogP contribution in [0.5, 0.6) is 0 Å². The molecule has 0 radical (unpaired) electrons. The van der Waals surface area contributed by atoms with Crippen molar-refractivity contribution in [2.45, 2.75) is 33.2 Å². The Hall–Kier alpha value is -1.97. The summed E-state index contributed by atoms with van der Waals surface area (Å²) in [6.45, 7) is 4.97. The quantitative estimate of drug-likeness (QED) is 0.876. The van der Waals surface area contributed by atoms with Gasteiger partial charge in [-0.1, -0.05) is 13.3 Å². The average molecular weight is 242 g/mol. The lowest BCUT2D eigenvalue weighted by atomic mass is 10.1. The topological polar surface area (TPSA) is 50.7 Å². The Bertz CT molecular complexity index is 511. The first-order valence-corrected chi connectivity index (χ1v) is 6.24. The third-order valence-electron chi connectivity index (χ3n) is 2.84. The van der Waals surface area contributed by atoms with Gasteiger partial charge in [0.1, 0.15) is 12.1 Å². The molecule has 0 aliphatic carbocycles. The molecule has 2 heterocycles. The van der Waals surface area contributed by atoms with Crippen LogP contribution >= 0.6 is 0 Å². The summed E-state index contributed by atoms with van der Waals surface area (Å²) in [6.07, 6.45) is 7.39. The van der Waals surface area contributed by atoms with Crippen LogP contribution < -0.4 is 5.32 Å². The van der Waals surface area contributed by atoms with E-state index in [1.807, 2.05) is 24.5 Å². The van der Waals surface area contributed by atoms with Crippen LogP contribution in [0.1, 0.15) is 30.2 Å². The molecule has 0 spiro atoms. The van der Waals surface area contributed by atoms with Crippen molar-refractivity contribution in [2.75, 3.05) is 5.32 Å². The van der Waals surface area contributed by atoms with Crippen molar-refractivity contribution in [1.29, 1.82) is 0 Å². The summed E-state index contributed by atoms with van der Waals surface area (Å²) in [5.41, 5.74) is 3.51. The fourth-order valence-electron chi connectivity index (χ4n) is 1.75. The first-order chi connectivity index (χ1) is 8.79. The lowest BCUT2D eigenvalue weighted by molar-refractivity contribution is 0.871. The van der Waals surface area contributed by atoms with E-state index in [0.717, 1.165) is 30.9 Å². The molecule has 4 nitrogen and oxygen atoms in total. The molecule has 0 unspecified atom stereocenters. The van der Waals surface area contributed by atoms with Gasteiger partial charge in [-0.15, -0.1) is 0 Å². The Balaban J connectivity index is 2.02. The summed E-state index contributed by atoms with van der Waals surface area (Å²) in [5.74, 6) is 0.872. The second-order valence-corrected chi connectivity index (χ2v) is 4.30. The molecule has 2 rings (SSSR count). The molecule has 4 heteroatoms. The van der Waals surface area contributed by atoms with E-state index < -0.39 is 0 Å². The normalized spacial score (nSPS) is 10.3. The van der Waals surface area contributed by atoms with Gasteiger partial charge in [-0.2, -0.15) is 0 Å². The molecule has 0 fully saturated rings. The monoisotopic (exact) mass is 242 g/mol. The van der Waals surface area contributed by atoms with Crippen LogP contribution in [0.15, 0.2) is 30.9 Å². The molecule has 0 bridgehead atoms. The van der Waals surface area contributed by atoms with Crippen LogP contribution in [-0.4, -0.2) is 15.0 Å². The van der Waals surface area contributed by atoms with E-state index in [0.29, 0.717) is 0 Å². The van der Waals surface area contributed by atoms with Crippen molar-refractivity contribution in [3.8, 4) is 0 Å². The zero-order chi connectivity index (χ0) is 12.8. The first-order valence-electron chi connectivity index (χ1n) is 6.24. The molecule has 18 heavy (non-hydrogen) atoms. The van der Waals surface area contributed by atoms with Gasteiger partial charge in [0, 0.05) is 30.7 Å². The number of anilines is 1. The summed E-state index contributed by atoms with van der Waals surface area (Å²) in [6, 6.07) is 4.02. The summed E-state index contributed by atoms with van der Waals surface area (Å²) >= 11 is 0. The number of hydrogen-bond donors (Lipinski definition) is 1. The fourth-order valence-corrected chi connectivity index (χ4v) is 1.75. The van der Waals surface area contributed by atoms with E-state index in [1.54, 1.807) is 6.33 Å². The molecule has 0 saturated heterocycles. The Morgan fingerprint density at radius 3 is 2.94 bits per heavy atom. The lowest BCUT2D eigenvalue weighted by Crippen LogP contribution is -2.04.